The molecule has 0 spiro atoms. The van der Waals surface area contributed by atoms with Crippen molar-refractivity contribution in [3.05, 3.63) is 0 Å². The minimum absolute atomic E-state index is 1.05. The van der Waals surface area contributed by atoms with Gasteiger partial charge in [-0.3, -0.25) is 0 Å². The van der Waals surface area contributed by atoms with E-state index in [4.69, 9.17) is 0 Å². The van der Waals surface area contributed by atoms with Crippen molar-refractivity contribution in [3.63, 3.8) is 0 Å². The minimum atomic E-state index is 1.05. The smallest absolute Gasteiger partial charge is 0.0388 e. The molecule has 1 saturated carbocycles. The van der Waals surface area contributed by atoms with Gasteiger partial charge in [-0.05, 0) is 18.3 Å². The number of hydrogen-bond donors (Lipinski definition) is 0. The Hall–Kier alpha value is 0. The predicted molar refractivity (Wildman–Crippen MR) is 36.8 cm³/mol. The van der Waals surface area contributed by atoms with Gasteiger partial charge in [-0.25, -0.2) is 0 Å². The Morgan fingerprint density at radius 1 is 1.38 bits per heavy atom. The average molecular weight is 112 g/mol. The minimum Gasteiger partial charge on any atom is -0.0654 e. The van der Waals surface area contributed by atoms with E-state index in [1.807, 2.05) is 0 Å². The van der Waals surface area contributed by atoms with E-state index in [0.717, 1.165) is 11.8 Å². The Morgan fingerprint density at radius 2 is 2.12 bits per heavy atom. The van der Waals surface area contributed by atoms with E-state index < -0.39 is 0 Å². The van der Waals surface area contributed by atoms with Gasteiger partial charge in [0.05, 0.1) is 0 Å². The van der Waals surface area contributed by atoms with Crippen molar-refractivity contribution >= 4 is 0 Å². The summed E-state index contributed by atoms with van der Waals surface area (Å²) in [5, 5.41) is 0. The van der Waals surface area contributed by atoms with Crippen molar-refractivity contribution in [2.24, 2.45) is 11.8 Å². The zero-order chi connectivity index (χ0) is 5.98. The first kappa shape index (κ1) is 6.12. The molecular weight excluding hydrogens is 96.1 g/mol. The summed E-state index contributed by atoms with van der Waals surface area (Å²) in [6.07, 6.45) is 5.86. The molecule has 0 heteroatoms. The number of rotatable bonds is 2. The fourth-order valence-electron chi connectivity index (χ4n) is 1.54. The Kier molecular flexibility index (Phi) is 1.93. The van der Waals surface area contributed by atoms with E-state index in [1.54, 1.807) is 0 Å². The summed E-state index contributed by atoms with van der Waals surface area (Å²) in [4.78, 5) is 0. The van der Waals surface area contributed by atoms with Crippen LogP contribution in [0.4, 0.5) is 0 Å². The van der Waals surface area contributed by atoms with Gasteiger partial charge >= 0.3 is 0 Å². The molecule has 0 nitrogen and oxygen atoms in total. The first-order valence-electron chi connectivity index (χ1n) is 3.84. The standard InChI is InChI=1S/C8H16/c1-3-4-8-6-5-7(8)2/h7-8H,3-6H2,1-2H3/t7-,8?/m0/s1. The highest BCUT2D eigenvalue weighted by atomic mass is 14.3. The maximum Gasteiger partial charge on any atom is -0.0388 e. The van der Waals surface area contributed by atoms with Gasteiger partial charge in [0, 0.05) is 0 Å². The van der Waals surface area contributed by atoms with Crippen LogP contribution in [0.5, 0.6) is 0 Å². The third-order valence-corrected chi connectivity index (χ3v) is 2.46. The molecule has 48 valence electrons. The van der Waals surface area contributed by atoms with Gasteiger partial charge in [0.1, 0.15) is 0 Å². The summed E-state index contributed by atoms with van der Waals surface area (Å²) < 4.78 is 0. The largest absolute Gasteiger partial charge is 0.0654 e. The lowest BCUT2D eigenvalue weighted by Gasteiger charge is -2.33. The van der Waals surface area contributed by atoms with E-state index in [0.29, 0.717) is 0 Å². The lowest BCUT2D eigenvalue weighted by atomic mass is 9.73. The molecule has 8 heavy (non-hydrogen) atoms. The van der Waals surface area contributed by atoms with Crippen LogP contribution < -0.4 is 0 Å². The quantitative estimate of drug-likeness (QED) is 0.515. The lowest BCUT2D eigenvalue weighted by Crippen LogP contribution is -2.22. The van der Waals surface area contributed by atoms with Gasteiger partial charge in [0.2, 0.25) is 0 Å². The van der Waals surface area contributed by atoms with Crippen LogP contribution in [-0.4, -0.2) is 0 Å². The van der Waals surface area contributed by atoms with Crippen molar-refractivity contribution in [2.75, 3.05) is 0 Å². The van der Waals surface area contributed by atoms with E-state index in [9.17, 15) is 0 Å². The zero-order valence-corrected chi connectivity index (χ0v) is 5.98. The van der Waals surface area contributed by atoms with Crippen molar-refractivity contribution in [1.82, 2.24) is 0 Å². The summed E-state index contributed by atoms with van der Waals surface area (Å²) in [6.45, 7) is 4.66. The highest BCUT2D eigenvalue weighted by Crippen LogP contribution is 2.36. The maximum atomic E-state index is 2.38. The van der Waals surface area contributed by atoms with Gasteiger partial charge in [0.15, 0.2) is 0 Å². The average Bonchev–Trinajstić information content (AvgIpc) is 1.79. The zero-order valence-electron chi connectivity index (χ0n) is 5.98. The molecule has 1 rings (SSSR count). The molecular formula is C8H16. The topological polar surface area (TPSA) is 0 Å². The summed E-state index contributed by atoms with van der Waals surface area (Å²) in [6, 6.07) is 0. The van der Waals surface area contributed by atoms with Crippen LogP contribution in [0.15, 0.2) is 0 Å². The van der Waals surface area contributed by atoms with Gasteiger partial charge in [0.25, 0.3) is 0 Å². The Balaban J connectivity index is 2.08. The molecule has 1 aliphatic rings. The number of hydrogen-bond acceptors (Lipinski definition) is 0. The van der Waals surface area contributed by atoms with Gasteiger partial charge < -0.3 is 0 Å². The molecule has 0 amide bonds. The maximum absolute atomic E-state index is 2.38. The molecule has 2 atom stereocenters. The fraction of sp³-hybridized carbons (Fsp3) is 1.00. The second-order valence-electron chi connectivity index (χ2n) is 3.10. The highest BCUT2D eigenvalue weighted by molar-refractivity contribution is 4.76. The summed E-state index contributed by atoms with van der Waals surface area (Å²) in [5.74, 6) is 2.15. The third kappa shape index (κ3) is 1.04. The molecule has 1 unspecified atom stereocenters. The van der Waals surface area contributed by atoms with E-state index in [-0.39, 0.29) is 0 Å². The normalized spacial score (nSPS) is 36.8. The lowest BCUT2D eigenvalue weighted by molar-refractivity contribution is 0.182. The Morgan fingerprint density at radius 3 is 2.25 bits per heavy atom. The van der Waals surface area contributed by atoms with E-state index >= 15 is 0 Å². The molecule has 0 aromatic rings. The summed E-state index contributed by atoms with van der Waals surface area (Å²) in [7, 11) is 0. The predicted octanol–water partition coefficient (Wildman–Crippen LogP) is 2.83. The third-order valence-electron chi connectivity index (χ3n) is 2.46. The van der Waals surface area contributed by atoms with Gasteiger partial charge in [-0.2, -0.15) is 0 Å². The monoisotopic (exact) mass is 112 g/mol. The second kappa shape index (κ2) is 2.52. The van der Waals surface area contributed by atoms with Crippen molar-refractivity contribution in [1.29, 1.82) is 0 Å². The van der Waals surface area contributed by atoms with Gasteiger partial charge in [-0.15, -0.1) is 0 Å². The SMILES string of the molecule is CCCC1CC[C@@H]1C. The Bertz CT molecular complexity index is 66.4. The van der Waals surface area contributed by atoms with Crippen LogP contribution in [0.2, 0.25) is 0 Å². The van der Waals surface area contributed by atoms with Crippen LogP contribution in [0.1, 0.15) is 39.5 Å². The Labute approximate surface area is 52.3 Å². The van der Waals surface area contributed by atoms with Gasteiger partial charge in [-0.1, -0.05) is 33.1 Å². The fourth-order valence-corrected chi connectivity index (χ4v) is 1.54. The first-order valence-corrected chi connectivity index (χ1v) is 3.84. The van der Waals surface area contributed by atoms with E-state index in [1.165, 1.54) is 25.7 Å². The van der Waals surface area contributed by atoms with Crippen molar-refractivity contribution in [3.8, 4) is 0 Å². The molecule has 1 fully saturated rings. The van der Waals surface area contributed by atoms with Crippen LogP contribution >= 0.6 is 0 Å². The van der Waals surface area contributed by atoms with Crippen molar-refractivity contribution in [2.45, 2.75) is 39.5 Å². The molecule has 0 heterocycles. The molecule has 0 aromatic heterocycles. The molecule has 0 aliphatic heterocycles. The van der Waals surface area contributed by atoms with Crippen molar-refractivity contribution < 1.29 is 0 Å². The van der Waals surface area contributed by atoms with Crippen LogP contribution in [-0.2, 0) is 0 Å². The van der Waals surface area contributed by atoms with E-state index in [2.05, 4.69) is 13.8 Å². The highest BCUT2D eigenvalue weighted by Gasteiger charge is 2.24. The second-order valence-corrected chi connectivity index (χ2v) is 3.10. The molecule has 0 bridgehead atoms. The van der Waals surface area contributed by atoms with Crippen LogP contribution in [0.25, 0.3) is 0 Å². The summed E-state index contributed by atoms with van der Waals surface area (Å²) in [5.41, 5.74) is 0. The molecule has 0 saturated heterocycles. The van der Waals surface area contributed by atoms with Crippen LogP contribution in [0, 0.1) is 11.8 Å². The van der Waals surface area contributed by atoms with Crippen LogP contribution in [0.3, 0.4) is 0 Å². The molecule has 0 radical (unpaired) electrons. The summed E-state index contributed by atoms with van der Waals surface area (Å²) >= 11 is 0. The molecule has 0 N–H and O–H groups in total. The first-order chi connectivity index (χ1) is 3.84. The molecule has 1 aliphatic carbocycles. The molecule has 0 aromatic carbocycles.